The molecule has 0 spiro atoms. The van der Waals surface area contributed by atoms with Gasteiger partial charge in [-0.1, -0.05) is 0 Å². The zero-order valence-corrected chi connectivity index (χ0v) is 6.57. The molecule has 4 heteroatoms. The van der Waals surface area contributed by atoms with Crippen LogP contribution in [0, 0.1) is 0 Å². The molecule has 1 aromatic heterocycles. The quantitative estimate of drug-likeness (QED) is 0.538. The maximum Gasteiger partial charge on any atom is 0.242 e. The molecule has 46 valence electrons. The molecule has 0 bridgehead atoms. The lowest BCUT2D eigenvalue weighted by molar-refractivity contribution is 0.110. The Hall–Kier alpha value is -0.520. The molecule has 0 aliphatic heterocycles. The van der Waals surface area contributed by atoms with E-state index in [1.54, 1.807) is 22.6 Å². The highest BCUT2D eigenvalue weighted by Crippen LogP contribution is 1.97. The molecule has 0 saturated carbocycles. The van der Waals surface area contributed by atoms with E-state index in [4.69, 9.17) is 0 Å². The molecule has 1 rings (SSSR count). The van der Waals surface area contributed by atoms with Crippen molar-refractivity contribution in [1.82, 2.24) is 9.97 Å². The van der Waals surface area contributed by atoms with E-state index in [1.807, 2.05) is 0 Å². The molecule has 1 aromatic rings. The Kier molecular flexibility index (Phi) is 2.10. The second-order valence-corrected chi connectivity index (χ2v) is 2.34. The van der Waals surface area contributed by atoms with E-state index in [2.05, 4.69) is 9.97 Å². The van der Waals surface area contributed by atoms with Crippen molar-refractivity contribution < 1.29 is 4.79 Å². The first-order chi connectivity index (χ1) is 4.30. The Morgan fingerprint density at radius 2 is 2.33 bits per heavy atom. The number of carbonyl (C=O) groups is 1. The monoisotopic (exact) mass is 234 g/mol. The van der Waals surface area contributed by atoms with Crippen molar-refractivity contribution in [2.45, 2.75) is 0 Å². The Bertz CT molecular complexity index is 211. The second-order valence-electron chi connectivity index (χ2n) is 1.36. The summed E-state index contributed by atoms with van der Waals surface area (Å²) in [5.41, 5.74) is 0.401. The Morgan fingerprint density at radius 3 is 2.67 bits per heavy atom. The number of nitrogens with zero attached hydrogens (tertiary/aromatic N) is 2. The van der Waals surface area contributed by atoms with Crippen molar-refractivity contribution in [3.05, 3.63) is 24.3 Å². The lowest BCUT2D eigenvalue weighted by Crippen LogP contribution is -1.91. The van der Waals surface area contributed by atoms with Gasteiger partial charge in [-0.05, 0) is 0 Å². The van der Waals surface area contributed by atoms with Crippen LogP contribution in [0.1, 0.15) is 10.5 Å². The van der Waals surface area contributed by atoms with Crippen LogP contribution in [0.4, 0.5) is 0 Å². The van der Waals surface area contributed by atoms with Crippen LogP contribution in [-0.2, 0) is 0 Å². The van der Waals surface area contributed by atoms with Crippen LogP contribution in [0.5, 0.6) is 0 Å². The average Bonchev–Trinajstić information content (AvgIpc) is 1.90. The highest BCUT2D eigenvalue weighted by atomic mass is 127. The van der Waals surface area contributed by atoms with Gasteiger partial charge in [0.1, 0.15) is 5.69 Å². The molecular weight excluding hydrogens is 231 g/mol. The summed E-state index contributed by atoms with van der Waals surface area (Å²) in [5, 5.41) is 0. The topological polar surface area (TPSA) is 42.9 Å². The summed E-state index contributed by atoms with van der Waals surface area (Å²) in [5.74, 6) is 0. The first-order valence-corrected chi connectivity index (χ1v) is 3.34. The van der Waals surface area contributed by atoms with Crippen molar-refractivity contribution in [2.24, 2.45) is 0 Å². The van der Waals surface area contributed by atoms with Crippen LogP contribution in [0.3, 0.4) is 0 Å². The summed E-state index contributed by atoms with van der Waals surface area (Å²) < 4.78 is -0.0827. The molecule has 0 atom stereocenters. The summed E-state index contributed by atoms with van der Waals surface area (Å²) in [7, 11) is 0. The van der Waals surface area contributed by atoms with Crippen LogP contribution < -0.4 is 0 Å². The third-order valence-corrected chi connectivity index (χ3v) is 1.32. The zero-order valence-electron chi connectivity index (χ0n) is 4.41. The van der Waals surface area contributed by atoms with E-state index < -0.39 is 0 Å². The molecule has 0 fully saturated rings. The minimum atomic E-state index is -0.0827. The van der Waals surface area contributed by atoms with Crippen molar-refractivity contribution >= 4 is 26.4 Å². The van der Waals surface area contributed by atoms with Gasteiger partial charge < -0.3 is 0 Å². The van der Waals surface area contributed by atoms with Gasteiger partial charge >= 0.3 is 0 Å². The standard InChI is InChI=1S/C5H3IN2O/c6-5(9)4-3-7-1-2-8-4/h1-3H. The van der Waals surface area contributed by atoms with Crippen molar-refractivity contribution in [2.75, 3.05) is 0 Å². The molecule has 1 heterocycles. The van der Waals surface area contributed by atoms with E-state index in [1.165, 1.54) is 18.6 Å². The van der Waals surface area contributed by atoms with E-state index in [9.17, 15) is 4.79 Å². The fourth-order valence-corrected chi connectivity index (χ4v) is 0.679. The minimum absolute atomic E-state index is 0.0827. The number of hydrogen-bond donors (Lipinski definition) is 0. The molecule has 0 aliphatic rings. The number of carbonyl (C=O) groups excluding carboxylic acids is 1. The SMILES string of the molecule is O=C(I)c1cnccn1. The van der Waals surface area contributed by atoms with Crippen LogP contribution in [-0.4, -0.2) is 13.8 Å². The summed E-state index contributed by atoms with van der Waals surface area (Å²) in [6.07, 6.45) is 4.46. The normalized spacial score (nSPS) is 9.00. The van der Waals surface area contributed by atoms with Gasteiger partial charge in [-0.25, -0.2) is 4.98 Å². The summed E-state index contributed by atoms with van der Waals surface area (Å²) >= 11 is 1.67. The third-order valence-electron chi connectivity index (χ3n) is 0.765. The zero-order chi connectivity index (χ0) is 6.69. The summed E-state index contributed by atoms with van der Waals surface area (Å²) in [6, 6.07) is 0. The van der Waals surface area contributed by atoms with Gasteiger partial charge in [0, 0.05) is 35.0 Å². The molecule has 0 amide bonds. The van der Waals surface area contributed by atoms with Gasteiger partial charge in [-0.2, -0.15) is 0 Å². The predicted octanol–water partition coefficient (Wildman–Crippen LogP) is 1.05. The van der Waals surface area contributed by atoms with E-state index in [0.29, 0.717) is 5.69 Å². The Labute approximate surface area is 65.7 Å². The Balaban J connectivity index is 2.98. The van der Waals surface area contributed by atoms with E-state index in [0.717, 1.165) is 0 Å². The van der Waals surface area contributed by atoms with Gasteiger partial charge in [0.15, 0.2) is 0 Å². The molecular formula is C5H3IN2O. The predicted molar refractivity (Wildman–Crippen MR) is 40.4 cm³/mol. The molecule has 0 unspecified atom stereocenters. The maximum atomic E-state index is 10.5. The first-order valence-electron chi connectivity index (χ1n) is 2.26. The fraction of sp³-hybridized carbons (Fsp3) is 0. The lowest BCUT2D eigenvalue weighted by Gasteiger charge is -1.86. The number of aromatic nitrogens is 2. The average molecular weight is 234 g/mol. The largest absolute Gasteiger partial charge is 0.280 e. The van der Waals surface area contributed by atoms with Crippen molar-refractivity contribution in [3.63, 3.8) is 0 Å². The third kappa shape index (κ3) is 1.70. The second kappa shape index (κ2) is 2.86. The van der Waals surface area contributed by atoms with Crippen LogP contribution >= 0.6 is 22.6 Å². The van der Waals surface area contributed by atoms with Crippen LogP contribution in [0.2, 0.25) is 0 Å². The van der Waals surface area contributed by atoms with Crippen LogP contribution in [0.25, 0.3) is 0 Å². The van der Waals surface area contributed by atoms with Gasteiger partial charge in [-0.3, -0.25) is 9.78 Å². The van der Waals surface area contributed by atoms with Crippen LogP contribution in [0.15, 0.2) is 18.6 Å². The van der Waals surface area contributed by atoms with Gasteiger partial charge in [0.2, 0.25) is 3.79 Å². The highest BCUT2D eigenvalue weighted by molar-refractivity contribution is 14.1. The number of hydrogen-bond acceptors (Lipinski definition) is 3. The molecule has 0 N–H and O–H groups in total. The lowest BCUT2D eigenvalue weighted by atomic mass is 10.5. The number of rotatable bonds is 1. The minimum Gasteiger partial charge on any atom is -0.280 e. The van der Waals surface area contributed by atoms with Crippen molar-refractivity contribution in [1.29, 1.82) is 0 Å². The number of halogens is 1. The molecule has 3 nitrogen and oxygen atoms in total. The summed E-state index contributed by atoms with van der Waals surface area (Å²) in [4.78, 5) is 18.0. The van der Waals surface area contributed by atoms with E-state index >= 15 is 0 Å². The highest BCUT2D eigenvalue weighted by Gasteiger charge is 1.98. The Morgan fingerprint density at radius 1 is 1.56 bits per heavy atom. The van der Waals surface area contributed by atoms with Crippen molar-refractivity contribution in [3.8, 4) is 0 Å². The molecule has 0 radical (unpaired) electrons. The maximum absolute atomic E-state index is 10.5. The van der Waals surface area contributed by atoms with Gasteiger partial charge in [0.25, 0.3) is 0 Å². The fourth-order valence-electron chi connectivity index (χ4n) is 0.401. The summed E-state index contributed by atoms with van der Waals surface area (Å²) in [6.45, 7) is 0. The van der Waals surface area contributed by atoms with E-state index in [-0.39, 0.29) is 3.79 Å². The first kappa shape index (κ1) is 6.60. The molecule has 0 aromatic carbocycles. The van der Waals surface area contributed by atoms with Gasteiger partial charge in [-0.15, -0.1) is 0 Å². The van der Waals surface area contributed by atoms with Gasteiger partial charge in [0.05, 0.1) is 6.20 Å². The molecule has 0 saturated heterocycles. The molecule has 0 aliphatic carbocycles. The molecule has 9 heavy (non-hydrogen) atoms. The smallest absolute Gasteiger partial charge is 0.242 e.